The predicted molar refractivity (Wildman–Crippen MR) is 135 cm³/mol. The number of pyridine rings is 1. The van der Waals surface area contributed by atoms with Crippen molar-refractivity contribution in [2.45, 2.75) is 38.1 Å². The number of nitrogens with one attached hydrogen (secondary N) is 1. The third-order valence-electron chi connectivity index (χ3n) is 7.65. The molecule has 6 nitrogen and oxygen atoms in total. The zero-order chi connectivity index (χ0) is 23.7. The molecule has 0 aliphatic carbocycles. The number of rotatable bonds is 7. The highest BCUT2D eigenvalue weighted by Crippen LogP contribution is 2.37. The molecule has 0 amide bonds. The Balaban J connectivity index is 1.12. The number of aryl methyl sites for hydroxylation is 1. The number of aromatic nitrogens is 1. The number of benzene rings is 1. The monoisotopic (exact) mass is 480 g/mol. The summed E-state index contributed by atoms with van der Waals surface area (Å²) in [5.74, 6) is 1.17. The van der Waals surface area contributed by atoms with Gasteiger partial charge in [-0.05, 0) is 61.3 Å². The topological polar surface area (TPSA) is 68.7 Å². The number of carboxylic acid groups (broad SMARTS) is 1. The van der Waals surface area contributed by atoms with Crippen molar-refractivity contribution < 1.29 is 9.90 Å². The van der Waals surface area contributed by atoms with E-state index in [4.69, 9.17) is 16.6 Å². The van der Waals surface area contributed by atoms with Gasteiger partial charge in [0.25, 0.3) is 0 Å². The number of anilines is 1. The standard InChI is InChI=1S/C27H33ClN4O2/c1-18(21-16-32(17-21)25(27(33)34)23-6-2-3-7-24(23)28)31-13-10-19(11-14-31)15-22-9-8-20-5-4-12-29-26(20)30-22/h2-3,6-9,19,21,25H,1,4-5,10-17H2,(H,29,30)(H,33,34). The first-order chi connectivity index (χ1) is 16.5. The van der Waals surface area contributed by atoms with Crippen LogP contribution in [-0.4, -0.2) is 58.6 Å². The van der Waals surface area contributed by atoms with Crippen LogP contribution in [0.4, 0.5) is 5.82 Å². The average molecular weight is 481 g/mol. The molecule has 0 radical (unpaired) electrons. The molecule has 1 aromatic heterocycles. The van der Waals surface area contributed by atoms with Crippen LogP contribution in [0, 0.1) is 11.8 Å². The number of likely N-dealkylation sites (tertiary alicyclic amines) is 2. The SMILES string of the molecule is C=C(C1CN(C(C(=O)O)c2ccccc2Cl)C1)N1CCC(Cc2ccc3c(n2)NCCC3)CC1. The maximum absolute atomic E-state index is 12.0. The van der Waals surface area contributed by atoms with E-state index in [2.05, 4.69) is 28.9 Å². The van der Waals surface area contributed by atoms with Crippen molar-refractivity contribution in [3.05, 3.63) is 70.5 Å². The minimum atomic E-state index is -0.857. The summed E-state index contributed by atoms with van der Waals surface area (Å²) < 4.78 is 0. The second-order valence-corrected chi connectivity index (χ2v) is 10.3. The van der Waals surface area contributed by atoms with Crippen LogP contribution >= 0.6 is 11.6 Å². The first-order valence-corrected chi connectivity index (χ1v) is 12.7. The number of piperidine rings is 1. The van der Waals surface area contributed by atoms with E-state index in [-0.39, 0.29) is 0 Å². The summed E-state index contributed by atoms with van der Waals surface area (Å²) >= 11 is 6.29. The second-order valence-electron chi connectivity index (χ2n) is 9.88. The molecule has 1 aromatic carbocycles. The summed E-state index contributed by atoms with van der Waals surface area (Å²) in [5, 5.41) is 13.8. The Kier molecular flexibility index (Phi) is 6.79. The first kappa shape index (κ1) is 23.2. The second kappa shape index (κ2) is 9.96. The molecule has 1 atom stereocenters. The molecule has 2 N–H and O–H groups in total. The molecule has 1 unspecified atom stereocenters. The molecule has 3 aliphatic rings. The highest BCUT2D eigenvalue weighted by molar-refractivity contribution is 6.31. The van der Waals surface area contributed by atoms with Crippen LogP contribution in [0.2, 0.25) is 5.02 Å². The number of hydrogen-bond donors (Lipinski definition) is 2. The molecule has 3 aliphatic heterocycles. The molecule has 5 rings (SSSR count). The van der Waals surface area contributed by atoms with Crippen LogP contribution in [0.3, 0.4) is 0 Å². The van der Waals surface area contributed by atoms with Gasteiger partial charge in [0, 0.05) is 55.1 Å². The van der Waals surface area contributed by atoms with Gasteiger partial charge >= 0.3 is 5.97 Å². The lowest BCUT2D eigenvalue weighted by molar-refractivity contribution is -0.146. The Morgan fingerprint density at radius 3 is 2.71 bits per heavy atom. The number of carbonyl (C=O) groups is 1. The molecule has 2 saturated heterocycles. The van der Waals surface area contributed by atoms with Gasteiger partial charge in [0.2, 0.25) is 0 Å². The van der Waals surface area contributed by atoms with Crippen molar-refractivity contribution in [3.8, 4) is 0 Å². The predicted octanol–water partition coefficient (Wildman–Crippen LogP) is 4.62. The highest BCUT2D eigenvalue weighted by atomic mass is 35.5. The molecule has 7 heteroatoms. The van der Waals surface area contributed by atoms with Gasteiger partial charge < -0.3 is 15.3 Å². The fourth-order valence-electron chi connectivity index (χ4n) is 5.58. The van der Waals surface area contributed by atoms with Crippen LogP contribution in [0.5, 0.6) is 0 Å². The number of hydrogen-bond acceptors (Lipinski definition) is 5. The summed E-state index contributed by atoms with van der Waals surface area (Å²) in [6.07, 6.45) is 5.62. The van der Waals surface area contributed by atoms with E-state index >= 15 is 0 Å². The van der Waals surface area contributed by atoms with E-state index < -0.39 is 12.0 Å². The number of fused-ring (bicyclic) bond motifs is 1. The van der Waals surface area contributed by atoms with Crippen molar-refractivity contribution in [2.24, 2.45) is 11.8 Å². The van der Waals surface area contributed by atoms with Gasteiger partial charge in [0.15, 0.2) is 0 Å². The Morgan fingerprint density at radius 2 is 1.97 bits per heavy atom. The number of halogens is 1. The number of aliphatic carboxylic acids is 1. The van der Waals surface area contributed by atoms with Crippen LogP contribution < -0.4 is 5.32 Å². The smallest absolute Gasteiger partial charge is 0.325 e. The molecule has 0 saturated carbocycles. The quantitative estimate of drug-likeness (QED) is 0.602. The fraction of sp³-hybridized carbons (Fsp3) is 0.481. The summed E-state index contributed by atoms with van der Waals surface area (Å²) in [7, 11) is 0. The fourth-order valence-corrected chi connectivity index (χ4v) is 5.82. The van der Waals surface area contributed by atoms with Gasteiger partial charge in [0.1, 0.15) is 11.9 Å². The lowest BCUT2D eigenvalue weighted by atomic mass is 9.88. The lowest BCUT2D eigenvalue weighted by Crippen LogP contribution is -2.53. The summed E-state index contributed by atoms with van der Waals surface area (Å²) in [4.78, 5) is 21.3. The molecule has 34 heavy (non-hydrogen) atoms. The summed E-state index contributed by atoms with van der Waals surface area (Å²) in [6, 6.07) is 11.0. The zero-order valence-corrected chi connectivity index (χ0v) is 20.3. The molecule has 2 fully saturated rings. The van der Waals surface area contributed by atoms with Crippen LogP contribution in [-0.2, 0) is 17.6 Å². The minimum Gasteiger partial charge on any atom is -0.480 e. The van der Waals surface area contributed by atoms with Crippen molar-refractivity contribution in [3.63, 3.8) is 0 Å². The van der Waals surface area contributed by atoms with Crippen molar-refractivity contribution >= 4 is 23.4 Å². The summed E-state index contributed by atoms with van der Waals surface area (Å²) in [5.41, 5.74) is 4.34. The van der Waals surface area contributed by atoms with E-state index in [0.29, 0.717) is 35.5 Å². The van der Waals surface area contributed by atoms with Gasteiger partial charge in [-0.3, -0.25) is 9.69 Å². The number of nitrogens with zero attached hydrogens (tertiary/aromatic N) is 3. The normalized spacial score (nSPS) is 20.2. The molecular weight excluding hydrogens is 448 g/mol. The van der Waals surface area contributed by atoms with Crippen molar-refractivity contribution in [1.29, 1.82) is 0 Å². The Morgan fingerprint density at radius 1 is 1.21 bits per heavy atom. The minimum absolute atomic E-state index is 0.300. The largest absolute Gasteiger partial charge is 0.480 e. The molecule has 0 spiro atoms. The number of carboxylic acids is 1. The van der Waals surface area contributed by atoms with Crippen LogP contribution in [0.15, 0.2) is 48.7 Å². The van der Waals surface area contributed by atoms with Gasteiger partial charge in [-0.15, -0.1) is 0 Å². The Hall–Kier alpha value is -2.57. The van der Waals surface area contributed by atoms with Gasteiger partial charge in [-0.25, -0.2) is 4.98 Å². The lowest BCUT2D eigenvalue weighted by Gasteiger charge is -2.47. The molecule has 0 bridgehead atoms. The highest BCUT2D eigenvalue weighted by Gasteiger charge is 2.40. The molecule has 180 valence electrons. The van der Waals surface area contributed by atoms with E-state index in [1.165, 1.54) is 17.7 Å². The van der Waals surface area contributed by atoms with Crippen LogP contribution in [0.25, 0.3) is 0 Å². The Labute approximate surface area is 206 Å². The zero-order valence-electron chi connectivity index (χ0n) is 19.5. The third-order valence-corrected chi connectivity index (χ3v) is 7.99. The van der Waals surface area contributed by atoms with Crippen molar-refractivity contribution in [1.82, 2.24) is 14.8 Å². The molecule has 4 heterocycles. The van der Waals surface area contributed by atoms with Gasteiger partial charge in [-0.1, -0.05) is 42.4 Å². The maximum Gasteiger partial charge on any atom is 0.325 e. The van der Waals surface area contributed by atoms with Gasteiger partial charge in [0.05, 0.1) is 0 Å². The molecular formula is C27H33ClN4O2. The third kappa shape index (κ3) is 4.80. The van der Waals surface area contributed by atoms with E-state index in [9.17, 15) is 9.90 Å². The average Bonchev–Trinajstić information content (AvgIpc) is 2.81. The molecule has 2 aromatic rings. The Bertz CT molecular complexity index is 1060. The summed E-state index contributed by atoms with van der Waals surface area (Å²) in [6.45, 7) is 8.84. The van der Waals surface area contributed by atoms with Gasteiger partial charge in [-0.2, -0.15) is 0 Å². The maximum atomic E-state index is 12.0. The van der Waals surface area contributed by atoms with E-state index in [1.807, 2.05) is 23.1 Å². The van der Waals surface area contributed by atoms with Crippen molar-refractivity contribution in [2.75, 3.05) is 38.0 Å². The van der Waals surface area contributed by atoms with E-state index in [0.717, 1.165) is 56.8 Å². The van der Waals surface area contributed by atoms with Crippen LogP contribution in [0.1, 0.15) is 42.1 Å². The van der Waals surface area contributed by atoms with E-state index in [1.54, 1.807) is 6.07 Å². The first-order valence-electron chi connectivity index (χ1n) is 12.4.